The minimum Gasteiger partial charge on any atom is -0.444 e. The highest BCUT2D eigenvalue weighted by Crippen LogP contribution is 2.26. The van der Waals surface area contributed by atoms with Crippen LogP contribution in [0.25, 0.3) is 0 Å². The van der Waals surface area contributed by atoms with E-state index >= 15 is 0 Å². The van der Waals surface area contributed by atoms with Gasteiger partial charge in [-0.05, 0) is 58.1 Å². The number of nitrogens with one attached hydrogen (secondary N) is 2. The van der Waals surface area contributed by atoms with Gasteiger partial charge >= 0.3 is 6.09 Å². The number of hydrogen-bond acceptors (Lipinski definition) is 4. The molecule has 0 saturated heterocycles. The molecule has 0 aliphatic rings. The van der Waals surface area contributed by atoms with Crippen LogP contribution >= 0.6 is 0 Å². The molecule has 1 rings (SSSR count). The Hall–Kier alpha value is -2.57. The fraction of sp³-hybridized carbons (Fsp3) is 0.654. The van der Waals surface area contributed by atoms with Gasteiger partial charge in [-0.25, -0.2) is 4.79 Å². The van der Waals surface area contributed by atoms with Crippen molar-refractivity contribution in [3.63, 3.8) is 0 Å². The lowest BCUT2D eigenvalue weighted by atomic mass is 9.95. The van der Waals surface area contributed by atoms with E-state index in [1.807, 2.05) is 45.9 Å². The van der Waals surface area contributed by atoms with E-state index < -0.39 is 23.8 Å². The first-order valence-corrected chi connectivity index (χ1v) is 11.9. The average Bonchev–Trinajstić information content (AvgIpc) is 2.69. The summed E-state index contributed by atoms with van der Waals surface area (Å²) in [6.07, 6.45) is 2.31. The molecule has 0 spiro atoms. The summed E-state index contributed by atoms with van der Waals surface area (Å²) in [6, 6.07) is 4.21. The van der Waals surface area contributed by atoms with Crippen LogP contribution in [-0.4, -0.2) is 48.0 Å². The predicted octanol–water partition coefficient (Wildman–Crippen LogP) is 4.66. The van der Waals surface area contributed by atoms with Crippen LogP contribution in [0, 0.1) is 19.8 Å². The number of alkyl carbamates (subject to hydrolysis) is 1. The number of carbonyl (C=O) groups is 3. The Labute approximate surface area is 199 Å². The van der Waals surface area contributed by atoms with Crippen molar-refractivity contribution in [2.45, 2.75) is 92.3 Å². The topological polar surface area (TPSA) is 87.7 Å². The van der Waals surface area contributed by atoms with Crippen LogP contribution in [0.1, 0.15) is 83.5 Å². The molecule has 0 radical (unpaired) electrons. The van der Waals surface area contributed by atoms with Gasteiger partial charge in [-0.2, -0.15) is 0 Å². The van der Waals surface area contributed by atoms with E-state index in [-0.39, 0.29) is 17.7 Å². The molecule has 2 atom stereocenters. The van der Waals surface area contributed by atoms with Gasteiger partial charge in [-0.15, -0.1) is 0 Å². The summed E-state index contributed by atoms with van der Waals surface area (Å²) in [5.41, 5.74) is 2.10. The second kappa shape index (κ2) is 12.6. The van der Waals surface area contributed by atoms with Gasteiger partial charge in [0.05, 0.1) is 0 Å². The van der Waals surface area contributed by atoms with Crippen LogP contribution < -0.4 is 10.6 Å². The van der Waals surface area contributed by atoms with Crippen molar-refractivity contribution in [3.8, 4) is 0 Å². The molecule has 2 N–H and O–H groups in total. The van der Waals surface area contributed by atoms with E-state index in [9.17, 15) is 14.4 Å². The molecule has 1 aromatic rings. The van der Waals surface area contributed by atoms with Crippen molar-refractivity contribution < 1.29 is 19.1 Å². The number of rotatable bonds is 10. The van der Waals surface area contributed by atoms with Crippen molar-refractivity contribution in [1.82, 2.24) is 15.5 Å². The first-order chi connectivity index (χ1) is 15.3. The van der Waals surface area contributed by atoms with Crippen LogP contribution in [0.3, 0.4) is 0 Å². The first-order valence-electron chi connectivity index (χ1n) is 11.9. The Kier molecular flexibility index (Phi) is 10.9. The van der Waals surface area contributed by atoms with Crippen molar-refractivity contribution in [3.05, 3.63) is 34.9 Å². The molecule has 7 heteroatoms. The lowest BCUT2D eigenvalue weighted by molar-refractivity contribution is -0.141. The van der Waals surface area contributed by atoms with Gasteiger partial charge in [0, 0.05) is 13.6 Å². The number of aryl methyl sites for hydroxylation is 2. The van der Waals surface area contributed by atoms with Crippen molar-refractivity contribution in [1.29, 1.82) is 0 Å². The molecule has 3 amide bonds. The lowest BCUT2D eigenvalue weighted by Gasteiger charge is -2.33. The summed E-state index contributed by atoms with van der Waals surface area (Å²) in [5, 5.41) is 5.69. The summed E-state index contributed by atoms with van der Waals surface area (Å²) < 4.78 is 5.35. The molecule has 0 fully saturated rings. The second-order valence-electron chi connectivity index (χ2n) is 10.1. The summed E-state index contributed by atoms with van der Waals surface area (Å²) in [6.45, 7) is 15.6. The van der Waals surface area contributed by atoms with Gasteiger partial charge in [0.25, 0.3) is 0 Å². The van der Waals surface area contributed by atoms with Gasteiger partial charge < -0.3 is 20.3 Å². The lowest BCUT2D eigenvalue weighted by Crippen LogP contribution is -2.53. The minimum absolute atomic E-state index is 0.195. The largest absolute Gasteiger partial charge is 0.444 e. The highest BCUT2D eigenvalue weighted by Gasteiger charge is 2.35. The third-order valence-electron chi connectivity index (χ3n) is 5.39. The van der Waals surface area contributed by atoms with E-state index in [4.69, 9.17) is 4.74 Å². The molecule has 0 heterocycles. The maximum Gasteiger partial charge on any atom is 0.408 e. The molecule has 0 aliphatic carbocycles. The van der Waals surface area contributed by atoms with E-state index in [1.54, 1.807) is 27.8 Å². The average molecular weight is 462 g/mol. The van der Waals surface area contributed by atoms with Crippen molar-refractivity contribution >= 4 is 17.9 Å². The Morgan fingerprint density at radius 2 is 1.73 bits per heavy atom. The number of hydrogen-bond donors (Lipinski definition) is 2. The zero-order valence-corrected chi connectivity index (χ0v) is 21.9. The Bertz CT molecular complexity index is 814. The molecule has 33 heavy (non-hydrogen) atoms. The normalized spacial score (nSPS) is 13.3. The highest BCUT2D eigenvalue weighted by atomic mass is 16.6. The van der Waals surface area contributed by atoms with Crippen LogP contribution in [0.2, 0.25) is 0 Å². The molecule has 7 nitrogen and oxygen atoms in total. The predicted molar refractivity (Wildman–Crippen MR) is 132 cm³/mol. The molecule has 186 valence electrons. The monoisotopic (exact) mass is 461 g/mol. The Morgan fingerprint density at radius 1 is 1.09 bits per heavy atom. The number of unbranched alkanes of at least 4 members (excludes halogenated alkanes) is 2. The van der Waals surface area contributed by atoms with E-state index in [0.29, 0.717) is 6.54 Å². The molecule has 2 unspecified atom stereocenters. The summed E-state index contributed by atoms with van der Waals surface area (Å²) in [5.74, 6) is -0.766. The second-order valence-corrected chi connectivity index (χ2v) is 10.1. The van der Waals surface area contributed by atoms with Crippen LogP contribution in [0.5, 0.6) is 0 Å². The van der Waals surface area contributed by atoms with E-state index in [0.717, 1.165) is 36.0 Å². The Balaban J connectivity index is 3.22. The molecule has 0 saturated carbocycles. The first kappa shape index (κ1) is 28.5. The Morgan fingerprint density at radius 3 is 2.24 bits per heavy atom. The quantitative estimate of drug-likeness (QED) is 0.496. The molecule has 0 aliphatic heterocycles. The highest BCUT2D eigenvalue weighted by molar-refractivity contribution is 5.92. The molecule has 0 bridgehead atoms. The summed E-state index contributed by atoms with van der Waals surface area (Å²) >= 11 is 0. The number of ether oxygens (including phenoxy) is 1. The SMILES string of the molecule is CCCCCNC(=O)C(c1ccc(C)cc1C)N(C)C(=O)C(NC(=O)OC(C)(C)C)C(C)C. The van der Waals surface area contributed by atoms with Crippen molar-refractivity contribution in [2.24, 2.45) is 5.92 Å². The van der Waals surface area contributed by atoms with Crippen LogP contribution in [-0.2, 0) is 14.3 Å². The minimum atomic E-state index is -0.828. The van der Waals surface area contributed by atoms with Crippen LogP contribution in [0.15, 0.2) is 18.2 Å². The van der Waals surface area contributed by atoms with Gasteiger partial charge in [0.1, 0.15) is 17.7 Å². The number of nitrogens with zero attached hydrogens (tertiary/aromatic N) is 1. The third kappa shape index (κ3) is 9.06. The third-order valence-corrected chi connectivity index (χ3v) is 5.39. The van der Waals surface area contributed by atoms with Crippen molar-refractivity contribution in [2.75, 3.05) is 13.6 Å². The maximum atomic E-state index is 13.5. The molecule has 0 aromatic heterocycles. The van der Waals surface area contributed by atoms with Gasteiger partial charge in [-0.1, -0.05) is 57.4 Å². The van der Waals surface area contributed by atoms with Gasteiger partial charge in [0.2, 0.25) is 11.8 Å². The maximum absolute atomic E-state index is 13.5. The number of amides is 3. The number of carbonyl (C=O) groups excluding carboxylic acids is 3. The fourth-order valence-electron chi connectivity index (χ4n) is 3.64. The summed E-state index contributed by atoms with van der Waals surface area (Å²) in [4.78, 5) is 40.6. The van der Waals surface area contributed by atoms with Gasteiger partial charge in [0.15, 0.2) is 0 Å². The number of likely N-dealkylation sites (N-methyl/N-ethyl adjacent to an activating group) is 1. The smallest absolute Gasteiger partial charge is 0.408 e. The molecule has 1 aromatic carbocycles. The van der Waals surface area contributed by atoms with E-state index in [2.05, 4.69) is 17.6 Å². The number of benzene rings is 1. The van der Waals surface area contributed by atoms with Gasteiger partial charge in [-0.3, -0.25) is 9.59 Å². The summed E-state index contributed by atoms with van der Waals surface area (Å²) in [7, 11) is 1.62. The zero-order chi connectivity index (χ0) is 25.3. The molecular weight excluding hydrogens is 418 g/mol. The zero-order valence-electron chi connectivity index (χ0n) is 21.9. The van der Waals surface area contributed by atoms with Crippen LogP contribution in [0.4, 0.5) is 4.79 Å². The fourth-order valence-corrected chi connectivity index (χ4v) is 3.64. The van der Waals surface area contributed by atoms with E-state index in [1.165, 1.54) is 4.90 Å². The standard InChI is InChI=1S/C26H43N3O4/c1-10-11-12-15-27-23(30)22(20-14-13-18(4)16-19(20)5)29(9)24(31)21(17(2)3)28-25(32)33-26(6,7)8/h13-14,16-17,21-22H,10-12,15H2,1-9H3,(H,27,30)(H,28,32). The molecular formula is C26H43N3O4.